The van der Waals surface area contributed by atoms with Crippen LogP contribution in [-0.4, -0.2) is 35.2 Å². The van der Waals surface area contributed by atoms with Crippen molar-refractivity contribution in [2.45, 2.75) is 45.3 Å². The highest BCUT2D eigenvalue weighted by molar-refractivity contribution is 5.96. The quantitative estimate of drug-likeness (QED) is 0.790. The highest BCUT2D eigenvalue weighted by Gasteiger charge is 2.17. The number of aliphatic hydroxyl groups excluding tert-OH is 1. The number of ether oxygens (including phenoxy) is 1. The minimum absolute atomic E-state index is 0.0417. The third kappa shape index (κ3) is 7.46. The van der Waals surface area contributed by atoms with E-state index in [1.807, 2.05) is 6.07 Å². The molecule has 1 amide bonds. The van der Waals surface area contributed by atoms with Crippen LogP contribution < -0.4 is 5.32 Å². The van der Waals surface area contributed by atoms with Gasteiger partial charge >= 0.3 is 6.09 Å². The van der Waals surface area contributed by atoms with Gasteiger partial charge in [0.2, 0.25) is 0 Å². The first-order chi connectivity index (χ1) is 9.78. The van der Waals surface area contributed by atoms with Crippen LogP contribution in [0.15, 0.2) is 30.3 Å². The minimum Gasteiger partial charge on any atom is -0.444 e. The molecule has 0 fully saturated rings. The molecule has 1 aromatic carbocycles. The molecule has 1 atom stereocenters. The lowest BCUT2D eigenvalue weighted by Gasteiger charge is -2.20. The van der Waals surface area contributed by atoms with Gasteiger partial charge in [0, 0.05) is 18.5 Å². The summed E-state index contributed by atoms with van der Waals surface area (Å²) in [6, 6.07) is 8.83. The summed E-state index contributed by atoms with van der Waals surface area (Å²) in [6.45, 7) is 5.60. The zero-order chi connectivity index (χ0) is 15.9. The molecule has 0 aliphatic heterocycles. The number of hydrogen-bond acceptors (Lipinski definition) is 4. The van der Waals surface area contributed by atoms with E-state index < -0.39 is 17.8 Å². The lowest BCUT2D eigenvalue weighted by atomic mass is 10.0. The summed E-state index contributed by atoms with van der Waals surface area (Å²) >= 11 is 0. The number of carbonyl (C=O) groups excluding carboxylic acids is 2. The summed E-state index contributed by atoms with van der Waals surface area (Å²) in [4.78, 5) is 23.3. The van der Waals surface area contributed by atoms with Gasteiger partial charge in [0.25, 0.3) is 0 Å². The molecule has 0 aliphatic rings. The number of benzene rings is 1. The molecule has 0 aliphatic carbocycles. The summed E-state index contributed by atoms with van der Waals surface area (Å²) in [5.74, 6) is -0.111. The first kappa shape index (κ1) is 17.2. The zero-order valence-corrected chi connectivity index (χ0v) is 12.8. The van der Waals surface area contributed by atoms with E-state index in [1.54, 1.807) is 45.0 Å². The number of hydrogen-bond donors (Lipinski definition) is 2. The smallest absolute Gasteiger partial charge is 0.407 e. The Labute approximate surface area is 125 Å². The van der Waals surface area contributed by atoms with Gasteiger partial charge in [-0.2, -0.15) is 0 Å². The van der Waals surface area contributed by atoms with Gasteiger partial charge in [-0.25, -0.2) is 4.79 Å². The highest BCUT2D eigenvalue weighted by atomic mass is 16.6. The Hall–Kier alpha value is -1.88. The molecule has 0 bridgehead atoms. The Kier molecular flexibility index (Phi) is 6.37. The lowest BCUT2D eigenvalue weighted by molar-refractivity contribution is 0.0518. The van der Waals surface area contributed by atoms with Crippen molar-refractivity contribution in [3.8, 4) is 0 Å². The monoisotopic (exact) mass is 293 g/mol. The fourth-order valence-corrected chi connectivity index (χ4v) is 1.71. The minimum atomic E-state index is -0.785. The summed E-state index contributed by atoms with van der Waals surface area (Å²) in [6.07, 6.45) is -0.964. The van der Waals surface area contributed by atoms with Crippen molar-refractivity contribution in [1.29, 1.82) is 0 Å². The van der Waals surface area contributed by atoms with Crippen LogP contribution in [0.25, 0.3) is 0 Å². The van der Waals surface area contributed by atoms with Crippen molar-refractivity contribution in [3.05, 3.63) is 35.9 Å². The number of aliphatic hydroxyl groups is 1. The van der Waals surface area contributed by atoms with Crippen LogP contribution in [0, 0.1) is 0 Å². The van der Waals surface area contributed by atoms with E-state index in [4.69, 9.17) is 4.74 Å². The van der Waals surface area contributed by atoms with Gasteiger partial charge in [0.05, 0.1) is 6.10 Å². The average molecular weight is 293 g/mol. The normalized spacial score (nSPS) is 12.6. The summed E-state index contributed by atoms with van der Waals surface area (Å²) < 4.78 is 5.07. The van der Waals surface area contributed by atoms with Crippen molar-refractivity contribution < 1.29 is 19.4 Å². The molecule has 2 N–H and O–H groups in total. The maximum atomic E-state index is 11.9. The summed E-state index contributed by atoms with van der Waals surface area (Å²) in [7, 11) is 0. The predicted octanol–water partition coefficient (Wildman–Crippen LogP) is 2.54. The second-order valence-corrected chi connectivity index (χ2v) is 5.86. The van der Waals surface area contributed by atoms with Gasteiger partial charge in [-0.3, -0.25) is 4.79 Å². The number of amides is 1. The number of rotatable bonds is 6. The van der Waals surface area contributed by atoms with E-state index in [0.717, 1.165) is 0 Å². The fourth-order valence-electron chi connectivity index (χ4n) is 1.71. The molecular formula is C16H23NO4. The lowest BCUT2D eigenvalue weighted by Crippen LogP contribution is -2.34. The molecule has 1 aromatic rings. The van der Waals surface area contributed by atoms with Crippen molar-refractivity contribution in [1.82, 2.24) is 5.32 Å². The van der Waals surface area contributed by atoms with Crippen LogP contribution in [0.4, 0.5) is 4.79 Å². The summed E-state index contributed by atoms with van der Waals surface area (Å²) in [5, 5.41) is 12.4. The van der Waals surface area contributed by atoms with Crippen LogP contribution in [0.1, 0.15) is 44.0 Å². The standard InChI is InChI=1S/C16H23NO4/c1-16(2,3)21-15(20)17-10-9-13(18)11-14(19)12-7-5-4-6-8-12/h4-8,13,18H,9-11H2,1-3H3,(H,17,20). The van der Waals surface area contributed by atoms with Crippen LogP contribution in [-0.2, 0) is 4.74 Å². The Bertz CT molecular complexity index is 465. The van der Waals surface area contributed by atoms with E-state index in [9.17, 15) is 14.7 Å². The second-order valence-electron chi connectivity index (χ2n) is 5.86. The zero-order valence-electron chi connectivity index (χ0n) is 12.8. The number of nitrogens with one attached hydrogen (secondary N) is 1. The maximum Gasteiger partial charge on any atom is 0.407 e. The van der Waals surface area contributed by atoms with Crippen molar-refractivity contribution in [3.63, 3.8) is 0 Å². The van der Waals surface area contributed by atoms with E-state index in [1.165, 1.54) is 0 Å². The van der Waals surface area contributed by atoms with Crippen molar-refractivity contribution in [2.24, 2.45) is 0 Å². The molecule has 1 rings (SSSR count). The SMILES string of the molecule is CC(C)(C)OC(=O)NCCC(O)CC(=O)c1ccccc1. The predicted molar refractivity (Wildman–Crippen MR) is 80.3 cm³/mol. The van der Waals surface area contributed by atoms with Crippen LogP contribution in [0.2, 0.25) is 0 Å². The van der Waals surface area contributed by atoms with Crippen LogP contribution in [0.5, 0.6) is 0 Å². The topological polar surface area (TPSA) is 75.6 Å². The average Bonchev–Trinajstić information content (AvgIpc) is 2.37. The van der Waals surface area contributed by atoms with Gasteiger partial charge in [-0.15, -0.1) is 0 Å². The van der Waals surface area contributed by atoms with E-state index in [-0.39, 0.29) is 18.7 Å². The maximum absolute atomic E-state index is 11.9. The van der Waals surface area contributed by atoms with Crippen molar-refractivity contribution >= 4 is 11.9 Å². The van der Waals surface area contributed by atoms with Gasteiger partial charge < -0.3 is 15.2 Å². The van der Waals surface area contributed by atoms with Crippen molar-refractivity contribution in [2.75, 3.05) is 6.54 Å². The number of carbonyl (C=O) groups is 2. The Morgan fingerprint density at radius 3 is 2.43 bits per heavy atom. The van der Waals surface area contributed by atoms with Crippen LogP contribution >= 0.6 is 0 Å². The molecule has 0 saturated carbocycles. The summed E-state index contributed by atoms with van der Waals surface area (Å²) in [5.41, 5.74) is 0.0306. The Morgan fingerprint density at radius 1 is 1.24 bits per heavy atom. The third-order valence-electron chi connectivity index (χ3n) is 2.66. The van der Waals surface area contributed by atoms with Gasteiger partial charge in [-0.1, -0.05) is 30.3 Å². The molecule has 21 heavy (non-hydrogen) atoms. The third-order valence-corrected chi connectivity index (χ3v) is 2.66. The van der Waals surface area contributed by atoms with Gasteiger partial charge in [0.1, 0.15) is 5.60 Å². The largest absolute Gasteiger partial charge is 0.444 e. The molecule has 1 unspecified atom stereocenters. The van der Waals surface area contributed by atoms with Gasteiger partial charge in [-0.05, 0) is 27.2 Å². The number of Topliss-reactive ketones (excluding diaryl/α,β-unsaturated/α-hetero) is 1. The van der Waals surface area contributed by atoms with E-state index in [2.05, 4.69) is 5.32 Å². The highest BCUT2D eigenvalue weighted by Crippen LogP contribution is 2.08. The Balaban J connectivity index is 2.27. The molecule has 116 valence electrons. The molecule has 0 saturated heterocycles. The van der Waals surface area contributed by atoms with E-state index >= 15 is 0 Å². The first-order valence-corrected chi connectivity index (χ1v) is 7.01. The molecule has 5 heteroatoms. The number of ketones is 1. The number of alkyl carbamates (subject to hydrolysis) is 1. The molecular weight excluding hydrogens is 270 g/mol. The van der Waals surface area contributed by atoms with E-state index in [0.29, 0.717) is 12.0 Å². The molecule has 5 nitrogen and oxygen atoms in total. The molecule has 0 radical (unpaired) electrons. The molecule has 0 aromatic heterocycles. The second kappa shape index (κ2) is 7.78. The fraction of sp³-hybridized carbons (Fsp3) is 0.500. The molecule has 0 spiro atoms. The molecule has 0 heterocycles. The van der Waals surface area contributed by atoms with Gasteiger partial charge in [0.15, 0.2) is 5.78 Å². The first-order valence-electron chi connectivity index (χ1n) is 7.01. The Morgan fingerprint density at radius 2 is 1.86 bits per heavy atom. The van der Waals surface area contributed by atoms with Crippen LogP contribution in [0.3, 0.4) is 0 Å².